The summed E-state index contributed by atoms with van der Waals surface area (Å²) < 4.78 is 5.73. The average Bonchev–Trinajstić information content (AvgIpc) is 2.95. The molecule has 1 aromatic heterocycles. The summed E-state index contributed by atoms with van der Waals surface area (Å²) in [6.45, 7) is -0.160. The molecule has 114 valence electrons. The SMILES string of the molecule is COC(=O)c1ccc(NC(=O)Cn2cc([N+](=O)[O-])cn2)cc1. The van der Waals surface area contributed by atoms with E-state index in [4.69, 9.17) is 0 Å². The Morgan fingerprint density at radius 1 is 1.36 bits per heavy atom. The Bertz CT molecular complexity index is 707. The van der Waals surface area contributed by atoms with E-state index in [2.05, 4.69) is 15.2 Å². The Balaban J connectivity index is 1.96. The van der Waals surface area contributed by atoms with Crippen molar-refractivity contribution in [2.45, 2.75) is 6.54 Å². The van der Waals surface area contributed by atoms with Crippen LogP contribution < -0.4 is 5.32 Å². The molecular formula is C13H12N4O5. The summed E-state index contributed by atoms with van der Waals surface area (Å²) in [5.41, 5.74) is 0.665. The molecule has 0 fully saturated rings. The first-order valence-electron chi connectivity index (χ1n) is 6.14. The third-order valence-electron chi connectivity index (χ3n) is 2.73. The zero-order valence-corrected chi connectivity index (χ0v) is 11.6. The average molecular weight is 304 g/mol. The molecule has 2 aromatic rings. The molecule has 0 atom stereocenters. The van der Waals surface area contributed by atoms with E-state index < -0.39 is 16.8 Å². The number of hydrogen-bond donors (Lipinski definition) is 1. The summed E-state index contributed by atoms with van der Waals surface area (Å²) in [6, 6.07) is 6.13. The van der Waals surface area contributed by atoms with Crippen molar-refractivity contribution in [3.05, 3.63) is 52.3 Å². The predicted octanol–water partition coefficient (Wildman–Crippen LogP) is 1.22. The maximum atomic E-state index is 11.8. The van der Waals surface area contributed by atoms with Crippen LogP contribution in [0.1, 0.15) is 10.4 Å². The number of nitro groups is 1. The predicted molar refractivity (Wildman–Crippen MR) is 75.3 cm³/mol. The van der Waals surface area contributed by atoms with E-state index >= 15 is 0 Å². The number of esters is 1. The second-order valence-corrected chi connectivity index (χ2v) is 4.27. The van der Waals surface area contributed by atoms with Crippen LogP contribution in [0.25, 0.3) is 0 Å². The number of carbonyl (C=O) groups is 2. The molecule has 9 nitrogen and oxygen atoms in total. The number of benzene rings is 1. The standard InChI is InChI=1S/C13H12N4O5/c1-22-13(19)9-2-4-10(5-3-9)15-12(18)8-16-7-11(6-14-16)17(20)21/h2-7H,8H2,1H3,(H,15,18). The van der Waals surface area contributed by atoms with Crippen molar-refractivity contribution >= 4 is 23.3 Å². The third-order valence-corrected chi connectivity index (χ3v) is 2.73. The molecule has 0 saturated carbocycles. The summed E-state index contributed by atoms with van der Waals surface area (Å²) in [4.78, 5) is 33.0. The summed E-state index contributed by atoms with van der Waals surface area (Å²) in [5.74, 6) is -0.870. The first-order chi connectivity index (χ1) is 10.5. The second kappa shape index (κ2) is 6.48. The van der Waals surface area contributed by atoms with E-state index in [1.165, 1.54) is 25.4 Å². The van der Waals surface area contributed by atoms with Crippen molar-refractivity contribution < 1.29 is 19.2 Å². The van der Waals surface area contributed by atoms with Gasteiger partial charge in [0.1, 0.15) is 18.9 Å². The van der Waals surface area contributed by atoms with E-state index in [0.717, 1.165) is 10.9 Å². The number of rotatable bonds is 5. The Morgan fingerprint density at radius 2 is 2.05 bits per heavy atom. The van der Waals surface area contributed by atoms with Crippen LogP contribution in [0, 0.1) is 10.1 Å². The number of methoxy groups -OCH3 is 1. The van der Waals surface area contributed by atoms with Gasteiger partial charge in [0, 0.05) is 5.69 Å². The molecule has 0 saturated heterocycles. The highest BCUT2D eigenvalue weighted by molar-refractivity contribution is 5.92. The summed E-state index contributed by atoms with van der Waals surface area (Å²) in [7, 11) is 1.28. The molecule has 1 heterocycles. The number of hydrogen-bond acceptors (Lipinski definition) is 6. The summed E-state index contributed by atoms with van der Waals surface area (Å²) >= 11 is 0. The molecule has 0 radical (unpaired) electrons. The van der Waals surface area contributed by atoms with E-state index in [9.17, 15) is 19.7 Å². The highest BCUT2D eigenvalue weighted by Crippen LogP contribution is 2.11. The summed E-state index contributed by atoms with van der Waals surface area (Å²) in [6.07, 6.45) is 2.23. The highest BCUT2D eigenvalue weighted by atomic mass is 16.6. The zero-order valence-electron chi connectivity index (χ0n) is 11.6. The molecule has 0 unspecified atom stereocenters. The number of ether oxygens (including phenoxy) is 1. The molecule has 0 aliphatic rings. The lowest BCUT2D eigenvalue weighted by Gasteiger charge is -2.06. The number of carbonyl (C=O) groups excluding carboxylic acids is 2. The first kappa shape index (κ1) is 15.2. The van der Waals surface area contributed by atoms with Crippen molar-refractivity contribution in [3.8, 4) is 0 Å². The number of aromatic nitrogens is 2. The van der Waals surface area contributed by atoms with Crippen LogP contribution in [0.15, 0.2) is 36.7 Å². The van der Waals surface area contributed by atoms with Gasteiger partial charge in [-0.1, -0.05) is 0 Å². The van der Waals surface area contributed by atoms with Crippen LogP contribution >= 0.6 is 0 Å². The lowest BCUT2D eigenvalue weighted by Crippen LogP contribution is -2.19. The lowest BCUT2D eigenvalue weighted by molar-refractivity contribution is -0.385. The number of anilines is 1. The van der Waals surface area contributed by atoms with Crippen molar-refractivity contribution in [1.82, 2.24) is 9.78 Å². The smallest absolute Gasteiger partial charge is 0.337 e. The fourth-order valence-electron chi connectivity index (χ4n) is 1.69. The number of nitrogens with zero attached hydrogens (tertiary/aromatic N) is 3. The molecule has 1 amide bonds. The Kier molecular flexibility index (Phi) is 4.47. The van der Waals surface area contributed by atoms with Crippen LogP contribution in [0.4, 0.5) is 11.4 Å². The molecule has 0 aliphatic heterocycles. The van der Waals surface area contributed by atoms with Gasteiger partial charge in [-0.15, -0.1) is 0 Å². The zero-order chi connectivity index (χ0) is 16.1. The van der Waals surface area contributed by atoms with E-state index in [1.54, 1.807) is 12.1 Å². The van der Waals surface area contributed by atoms with Gasteiger partial charge in [-0.05, 0) is 24.3 Å². The van der Waals surface area contributed by atoms with Gasteiger partial charge in [-0.3, -0.25) is 19.6 Å². The summed E-state index contributed by atoms with van der Waals surface area (Å²) in [5, 5.41) is 16.8. The molecule has 9 heteroatoms. The normalized spacial score (nSPS) is 10.0. The van der Waals surface area contributed by atoms with Gasteiger partial charge < -0.3 is 10.1 Å². The Labute approximate surface area is 124 Å². The van der Waals surface area contributed by atoms with Crippen molar-refractivity contribution in [2.24, 2.45) is 0 Å². The monoisotopic (exact) mass is 304 g/mol. The second-order valence-electron chi connectivity index (χ2n) is 4.27. The van der Waals surface area contributed by atoms with Gasteiger partial charge >= 0.3 is 11.7 Å². The molecular weight excluding hydrogens is 292 g/mol. The number of nitrogens with one attached hydrogen (secondary N) is 1. The quantitative estimate of drug-likeness (QED) is 0.504. The van der Waals surface area contributed by atoms with E-state index in [0.29, 0.717) is 11.3 Å². The minimum absolute atomic E-state index is 0.160. The molecule has 0 aliphatic carbocycles. The van der Waals surface area contributed by atoms with Gasteiger partial charge in [0.2, 0.25) is 5.91 Å². The van der Waals surface area contributed by atoms with Crippen LogP contribution in [0.3, 0.4) is 0 Å². The number of amides is 1. The maximum Gasteiger partial charge on any atom is 0.337 e. The highest BCUT2D eigenvalue weighted by Gasteiger charge is 2.11. The third kappa shape index (κ3) is 3.66. The van der Waals surface area contributed by atoms with Gasteiger partial charge in [0.15, 0.2) is 0 Å². The minimum atomic E-state index is -0.590. The van der Waals surface area contributed by atoms with Gasteiger partial charge in [-0.25, -0.2) is 4.79 Å². The fraction of sp³-hybridized carbons (Fsp3) is 0.154. The molecule has 1 aromatic carbocycles. The Morgan fingerprint density at radius 3 is 2.59 bits per heavy atom. The minimum Gasteiger partial charge on any atom is -0.465 e. The van der Waals surface area contributed by atoms with Crippen LogP contribution in [0.2, 0.25) is 0 Å². The van der Waals surface area contributed by atoms with Crippen LogP contribution in [-0.4, -0.2) is 33.7 Å². The van der Waals surface area contributed by atoms with Crippen LogP contribution in [-0.2, 0) is 16.1 Å². The van der Waals surface area contributed by atoms with Gasteiger partial charge in [0.05, 0.1) is 17.6 Å². The van der Waals surface area contributed by atoms with Gasteiger partial charge in [0.25, 0.3) is 0 Å². The van der Waals surface area contributed by atoms with E-state index in [1.807, 2.05) is 0 Å². The van der Waals surface area contributed by atoms with Crippen LogP contribution in [0.5, 0.6) is 0 Å². The molecule has 1 N–H and O–H groups in total. The first-order valence-corrected chi connectivity index (χ1v) is 6.14. The van der Waals surface area contributed by atoms with E-state index in [-0.39, 0.29) is 12.2 Å². The lowest BCUT2D eigenvalue weighted by atomic mass is 10.2. The topological polar surface area (TPSA) is 116 Å². The maximum absolute atomic E-state index is 11.8. The molecule has 0 spiro atoms. The molecule has 22 heavy (non-hydrogen) atoms. The Hall–Kier alpha value is -3.23. The van der Waals surface area contributed by atoms with Crippen molar-refractivity contribution in [1.29, 1.82) is 0 Å². The molecule has 2 rings (SSSR count). The van der Waals surface area contributed by atoms with Gasteiger partial charge in [-0.2, -0.15) is 5.10 Å². The largest absolute Gasteiger partial charge is 0.465 e. The molecule has 0 bridgehead atoms. The fourth-order valence-corrected chi connectivity index (χ4v) is 1.69. The van der Waals surface area contributed by atoms with Crippen molar-refractivity contribution in [2.75, 3.05) is 12.4 Å². The van der Waals surface area contributed by atoms with Crippen molar-refractivity contribution in [3.63, 3.8) is 0 Å².